The fourth-order valence-corrected chi connectivity index (χ4v) is 3.71. The van der Waals surface area contributed by atoms with E-state index in [1.54, 1.807) is 0 Å². The Bertz CT molecular complexity index is 504. The highest BCUT2D eigenvalue weighted by molar-refractivity contribution is 6.30. The molecule has 0 unspecified atom stereocenters. The summed E-state index contributed by atoms with van der Waals surface area (Å²) in [7, 11) is 0. The molecule has 0 spiro atoms. The van der Waals surface area contributed by atoms with Crippen molar-refractivity contribution in [3.8, 4) is 5.75 Å². The van der Waals surface area contributed by atoms with Gasteiger partial charge in [-0.2, -0.15) is 0 Å². The average molecular weight is 293 g/mol. The lowest BCUT2D eigenvalue weighted by molar-refractivity contribution is -0.118. The van der Waals surface area contributed by atoms with Crippen molar-refractivity contribution in [1.29, 1.82) is 0 Å². The molecule has 1 aliphatic heterocycles. The topological polar surface area (TPSA) is 26.3 Å². The molecule has 108 valence electrons. The zero-order valence-corrected chi connectivity index (χ0v) is 12.5. The van der Waals surface area contributed by atoms with Crippen LogP contribution in [0, 0.1) is 5.92 Å². The molecule has 20 heavy (non-hydrogen) atoms. The van der Waals surface area contributed by atoms with Crippen molar-refractivity contribution >= 4 is 17.4 Å². The van der Waals surface area contributed by atoms with Gasteiger partial charge in [0.1, 0.15) is 11.5 Å². The van der Waals surface area contributed by atoms with Crippen LogP contribution in [0.1, 0.15) is 49.7 Å². The van der Waals surface area contributed by atoms with Crippen LogP contribution in [0.3, 0.4) is 0 Å². The number of ketones is 1. The van der Waals surface area contributed by atoms with Gasteiger partial charge in [0.05, 0.1) is 6.61 Å². The smallest absolute Gasteiger partial charge is 0.137 e. The molecule has 3 rings (SSSR count). The second-order valence-electron chi connectivity index (χ2n) is 6.06. The molecule has 0 saturated heterocycles. The van der Waals surface area contributed by atoms with Gasteiger partial charge in [-0.05, 0) is 30.0 Å². The average Bonchev–Trinajstić information content (AvgIpc) is 3.06. The van der Waals surface area contributed by atoms with Gasteiger partial charge in [0.15, 0.2) is 0 Å². The molecule has 1 heterocycles. The summed E-state index contributed by atoms with van der Waals surface area (Å²) in [6.07, 6.45) is 8.43. The molecule has 0 bridgehead atoms. The number of carbonyl (C=O) groups is 1. The van der Waals surface area contributed by atoms with E-state index in [4.69, 9.17) is 16.3 Å². The maximum atomic E-state index is 12.2. The first-order valence-electron chi connectivity index (χ1n) is 7.68. The summed E-state index contributed by atoms with van der Waals surface area (Å²) in [5.41, 5.74) is 2.12. The molecule has 0 amide bonds. The number of hydrogen-bond donors (Lipinski definition) is 0. The normalized spacial score (nSPS) is 18.1. The maximum absolute atomic E-state index is 12.2. The first kappa shape index (κ1) is 13.9. The Morgan fingerprint density at radius 2 is 2.10 bits per heavy atom. The van der Waals surface area contributed by atoms with Crippen LogP contribution >= 0.6 is 11.6 Å². The van der Waals surface area contributed by atoms with E-state index in [9.17, 15) is 4.79 Å². The van der Waals surface area contributed by atoms with Crippen LogP contribution in [0.5, 0.6) is 5.75 Å². The van der Waals surface area contributed by atoms with E-state index in [0.29, 0.717) is 30.3 Å². The maximum Gasteiger partial charge on any atom is 0.137 e. The number of halogens is 1. The van der Waals surface area contributed by atoms with Gasteiger partial charge in [-0.25, -0.2) is 0 Å². The van der Waals surface area contributed by atoms with Crippen LogP contribution in [-0.4, -0.2) is 12.4 Å². The Kier molecular flexibility index (Phi) is 4.30. The van der Waals surface area contributed by atoms with Crippen LogP contribution in [-0.2, 0) is 17.6 Å². The third-order valence-electron chi connectivity index (χ3n) is 4.52. The number of fused-ring (bicyclic) bond motifs is 1. The van der Waals surface area contributed by atoms with Crippen LogP contribution in [0.4, 0.5) is 0 Å². The van der Waals surface area contributed by atoms with Crippen molar-refractivity contribution in [2.75, 3.05) is 6.61 Å². The lowest BCUT2D eigenvalue weighted by atomic mass is 9.96. The molecule has 0 N–H and O–H groups in total. The van der Waals surface area contributed by atoms with Gasteiger partial charge >= 0.3 is 0 Å². The molecule has 1 aliphatic carbocycles. The summed E-state index contributed by atoms with van der Waals surface area (Å²) in [4.78, 5) is 12.2. The van der Waals surface area contributed by atoms with Crippen LogP contribution in [0.15, 0.2) is 12.1 Å². The predicted molar refractivity (Wildman–Crippen MR) is 80.6 cm³/mol. The van der Waals surface area contributed by atoms with Gasteiger partial charge in [0, 0.05) is 29.8 Å². The highest BCUT2D eigenvalue weighted by Crippen LogP contribution is 2.34. The number of rotatable bonds is 5. The van der Waals surface area contributed by atoms with Crippen molar-refractivity contribution < 1.29 is 9.53 Å². The highest BCUT2D eigenvalue weighted by Gasteiger charge is 2.20. The Morgan fingerprint density at radius 1 is 1.30 bits per heavy atom. The van der Waals surface area contributed by atoms with Crippen LogP contribution in [0.2, 0.25) is 5.02 Å². The van der Waals surface area contributed by atoms with E-state index in [1.807, 2.05) is 12.1 Å². The van der Waals surface area contributed by atoms with Gasteiger partial charge in [0.25, 0.3) is 0 Å². The zero-order chi connectivity index (χ0) is 13.9. The molecule has 3 heteroatoms. The van der Waals surface area contributed by atoms with E-state index in [2.05, 4.69) is 0 Å². The standard InChI is InChI=1S/C17H21ClO2/c18-15-9-13-7-8-20-17(13)14(10-15)11-16(19)6-5-12-3-1-2-4-12/h9-10,12H,1-8,11H2. The van der Waals surface area contributed by atoms with E-state index in [-0.39, 0.29) is 0 Å². The van der Waals surface area contributed by atoms with Gasteiger partial charge in [-0.1, -0.05) is 37.3 Å². The first-order chi connectivity index (χ1) is 9.72. The quantitative estimate of drug-likeness (QED) is 0.806. The monoisotopic (exact) mass is 292 g/mol. The third kappa shape index (κ3) is 3.17. The molecule has 1 aromatic carbocycles. The summed E-state index contributed by atoms with van der Waals surface area (Å²) >= 11 is 6.13. The van der Waals surface area contributed by atoms with E-state index >= 15 is 0 Å². The Labute approximate surface area is 125 Å². The van der Waals surface area contributed by atoms with E-state index < -0.39 is 0 Å². The fraction of sp³-hybridized carbons (Fsp3) is 0.588. The Hall–Kier alpha value is -1.02. The first-order valence-corrected chi connectivity index (χ1v) is 8.06. The molecular weight excluding hydrogens is 272 g/mol. The second kappa shape index (κ2) is 6.17. The van der Waals surface area contributed by atoms with Gasteiger partial charge in [-0.3, -0.25) is 4.79 Å². The van der Waals surface area contributed by atoms with E-state index in [0.717, 1.165) is 35.6 Å². The molecule has 2 nitrogen and oxygen atoms in total. The molecule has 0 aromatic heterocycles. The molecule has 2 aliphatic rings. The summed E-state index contributed by atoms with van der Waals surface area (Å²) in [5, 5.41) is 0.716. The van der Waals surface area contributed by atoms with Crippen molar-refractivity contribution in [3.05, 3.63) is 28.3 Å². The van der Waals surface area contributed by atoms with Gasteiger partial charge in [-0.15, -0.1) is 0 Å². The van der Waals surface area contributed by atoms with Crippen molar-refractivity contribution in [1.82, 2.24) is 0 Å². The lowest BCUT2D eigenvalue weighted by Gasteiger charge is -2.10. The van der Waals surface area contributed by atoms with Crippen molar-refractivity contribution in [3.63, 3.8) is 0 Å². The Balaban J connectivity index is 1.61. The van der Waals surface area contributed by atoms with Crippen molar-refractivity contribution in [2.24, 2.45) is 5.92 Å². The third-order valence-corrected chi connectivity index (χ3v) is 4.74. The predicted octanol–water partition coefficient (Wildman–Crippen LogP) is 4.36. The number of carbonyl (C=O) groups excluding carboxylic acids is 1. The summed E-state index contributed by atoms with van der Waals surface area (Å²) in [5.74, 6) is 2.00. The molecular formula is C17H21ClO2. The molecule has 0 radical (unpaired) electrons. The molecule has 0 atom stereocenters. The minimum atomic E-state index is 0.317. The van der Waals surface area contributed by atoms with Crippen LogP contribution in [0.25, 0.3) is 0 Å². The zero-order valence-electron chi connectivity index (χ0n) is 11.8. The summed E-state index contributed by atoms with van der Waals surface area (Å²) in [6, 6.07) is 3.84. The van der Waals surface area contributed by atoms with Gasteiger partial charge in [0.2, 0.25) is 0 Å². The minimum absolute atomic E-state index is 0.317. The largest absolute Gasteiger partial charge is 0.493 e. The number of benzene rings is 1. The fourth-order valence-electron chi connectivity index (χ4n) is 3.44. The van der Waals surface area contributed by atoms with E-state index in [1.165, 1.54) is 25.7 Å². The summed E-state index contributed by atoms with van der Waals surface area (Å²) in [6.45, 7) is 0.707. The van der Waals surface area contributed by atoms with Gasteiger partial charge < -0.3 is 4.74 Å². The van der Waals surface area contributed by atoms with Crippen LogP contribution < -0.4 is 4.74 Å². The minimum Gasteiger partial charge on any atom is -0.493 e. The number of ether oxygens (including phenoxy) is 1. The lowest BCUT2D eigenvalue weighted by Crippen LogP contribution is -2.06. The Morgan fingerprint density at radius 3 is 2.90 bits per heavy atom. The molecule has 1 saturated carbocycles. The number of hydrogen-bond acceptors (Lipinski definition) is 2. The molecule has 1 fully saturated rings. The highest BCUT2D eigenvalue weighted by atomic mass is 35.5. The number of Topliss-reactive ketones (excluding diaryl/α,β-unsaturated/α-hetero) is 1. The van der Waals surface area contributed by atoms with Crippen molar-refractivity contribution in [2.45, 2.75) is 51.4 Å². The molecule has 1 aromatic rings. The second-order valence-corrected chi connectivity index (χ2v) is 6.49. The summed E-state index contributed by atoms with van der Waals surface area (Å²) < 4.78 is 5.65. The SMILES string of the molecule is O=C(CCC1CCCC1)Cc1cc(Cl)cc2c1OCC2.